The van der Waals surface area contributed by atoms with Gasteiger partial charge in [-0.1, -0.05) is 30.3 Å². The van der Waals surface area contributed by atoms with Crippen LogP contribution >= 0.6 is 0 Å². The molecule has 0 aliphatic carbocycles. The van der Waals surface area contributed by atoms with E-state index < -0.39 is 18.1 Å². The number of nitrogens with one attached hydrogen (secondary N) is 1. The molecule has 0 unspecified atom stereocenters. The van der Waals surface area contributed by atoms with Crippen molar-refractivity contribution in [2.45, 2.75) is 18.8 Å². The van der Waals surface area contributed by atoms with E-state index in [4.69, 9.17) is 0 Å². The van der Waals surface area contributed by atoms with Gasteiger partial charge in [0.15, 0.2) is 0 Å². The summed E-state index contributed by atoms with van der Waals surface area (Å²) < 4.78 is 36.9. The fraction of sp³-hybridized carbons (Fsp3) is 0.500. The van der Waals surface area contributed by atoms with E-state index in [0.717, 1.165) is 5.56 Å². The first-order valence-electron chi connectivity index (χ1n) is 6.65. The molecule has 1 aliphatic heterocycles. The van der Waals surface area contributed by atoms with Gasteiger partial charge in [-0.2, -0.15) is 13.2 Å². The predicted molar refractivity (Wildman–Crippen MR) is 70.3 cm³/mol. The number of nitrogens with zero attached hydrogens (tertiary/aromatic N) is 1. The zero-order chi connectivity index (χ0) is 15.5. The van der Waals surface area contributed by atoms with Gasteiger partial charge in [-0.15, -0.1) is 0 Å². The van der Waals surface area contributed by atoms with Gasteiger partial charge in [0.2, 0.25) is 0 Å². The van der Waals surface area contributed by atoms with Crippen molar-refractivity contribution in [3.8, 4) is 0 Å². The lowest BCUT2D eigenvalue weighted by atomic mass is 10.1. The average Bonchev–Trinajstić information content (AvgIpc) is 2.80. The Hall–Kier alpha value is -1.60. The van der Waals surface area contributed by atoms with Crippen molar-refractivity contribution in [3.63, 3.8) is 0 Å². The van der Waals surface area contributed by atoms with E-state index in [2.05, 4.69) is 0 Å². The molecule has 0 aromatic heterocycles. The zero-order valence-corrected chi connectivity index (χ0v) is 11.3. The number of hydrogen-bond acceptors (Lipinski definition) is 3. The zero-order valence-electron chi connectivity index (χ0n) is 11.3. The van der Waals surface area contributed by atoms with Gasteiger partial charge in [-0.05, 0) is 5.56 Å². The van der Waals surface area contributed by atoms with E-state index in [1.807, 2.05) is 40.5 Å². The summed E-state index contributed by atoms with van der Waals surface area (Å²) in [5, 5.41) is 11.2. The minimum atomic E-state index is -4.90. The van der Waals surface area contributed by atoms with Crippen molar-refractivity contribution >= 4 is 5.91 Å². The quantitative estimate of drug-likeness (QED) is 0.877. The Bertz CT molecular complexity index is 479. The van der Waals surface area contributed by atoms with Crippen molar-refractivity contribution in [1.29, 1.82) is 0 Å². The molecule has 1 aromatic rings. The third kappa shape index (κ3) is 4.18. The molecule has 1 aliphatic rings. The van der Waals surface area contributed by atoms with Gasteiger partial charge in [0.1, 0.15) is 0 Å². The molecule has 0 radical (unpaired) electrons. The summed E-state index contributed by atoms with van der Waals surface area (Å²) in [6.07, 6.45) is -4.90. The Morgan fingerprint density at radius 3 is 2.52 bits per heavy atom. The highest BCUT2D eigenvalue weighted by molar-refractivity contribution is 5.82. The molecule has 1 fully saturated rings. The van der Waals surface area contributed by atoms with Crippen molar-refractivity contribution in [3.05, 3.63) is 35.9 Å². The Morgan fingerprint density at radius 2 is 1.95 bits per heavy atom. The van der Waals surface area contributed by atoms with E-state index in [1.54, 1.807) is 0 Å². The van der Waals surface area contributed by atoms with Gasteiger partial charge < -0.3 is 10.4 Å². The van der Waals surface area contributed by atoms with Gasteiger partial charge in [0.05, 0.1) is 0 Å². The molecular weight excluding hydrogens is 285 g/mol. The number of alkyl halides is 3. The minimum absolute atomic E-state index is 0.256. The molecule has 7 heteroatoms. The lowest BCUT2D eigenvalue weighted by molar-refractivity contribution is -0.174. The normalized spacial score (nSPS) is 23.2. The van der Waals surface area contributed by atoms with Crippen LogP contribution in [0.15, 0.2) is 30.3 Å². The van der Waals surface area contributed by atoms with Crippen LogP contribution in [0.2, 0.25) is 0 Å². The first kappa shape index (κ1) is 15.8. The highest BCUT2D eigenvalue weighted by Crippen LogP contribution is 2.21. The molecule has 0 spiro atoms. The molecule has 1 saturated heterocycles. The van der Waals surface area contributed by atoms with Gasteiger partial charge >= 0.3 is 12.1 Å². The smallest absolute Gasteiger partial charge is 0.396 e. The first-order valence-corrected chi connectivity index (χ1v) is 6.65. The average molecular weight is 302 g/mol. The number of amides is 1. The number of likely N-dealkylation sites (tertiary alicyclic amines) is 1. The van der Waals surface area contributed by atoms with E-state index in [-0.39, 0.29) is 12.5 Å². The van der Waals surface area contributed by atoms with Crippen LogP contribution in [0.1, 0.15) is 5.56 Å². The molecule has 2 rings (SSSR count). The second-order valence-electron chi connectivity index (χ2n) is 5.20. The van der Waals surface area contributed by atoms with Crippen LogP contribution in [0.5, 0.6) is 0 Å². The minimum Gasteiger partial charge on any atom is -0.396 e. The molecule has 0 bridgehead atoms. The molecule has 4 nitrogen and oxygen atoms in total. The monoisotopic (exact) mass is 302 g/mol. The third-order valence-corrected chi connectivity index (χ3v) is 3.57. The van der Waals surface area contributed by atoms with Crippen LogP contribution in [-0.2, 0) is 11.3 Å². The van der Waals surface area contributed by atoms with Gasteiger partial charge in [0, 0.05) is 38.2 Å². The van der Waals surface area contributed by atoms with E-state index in [0.29, 0.717) is 19.6 Å². The summed E-state index contributed by atoms with van der Waals surface area (Å²) in [5.41, 5.74) is 1.04. The Morgan fingerprint density at radius 1 is 1.29 bits per heavy atom. The number of halogens is 3. The fourth-order valence-electron chi connectivity index (χ4n) is 2.53. The van der Waals surface area contributed by atoms with Gasteiger partial charge in [0.25, 0.3) is 0 Å². The summed E-state index contributed by atoms with van der Waals surface area (Å²) in [7, 11) is 0. The molecule has 1 heterocycles. The maximum atomic E-state index is 12.3. The highest BCUT2D eigenvalue weighted by Gasteiger charge is 2.42. The van der Waals surface area contributed by atoms with Crippen LogP contribution in [-0.4, -0.2) is 47.8 Å². The van der Waals surface area contributed by atoms with Gasteiger partial charge in [-0.3, -0.25) is 9.69 Å². The Labute approximate surface area is 120 Å². The van der Waals surface area contributed by atoms with E-state index in [9.17, 15) is 23.1 Å². The van der Waals surface area contributed by atoms with Gasteiger partial charge in [-0.25, -0.2) is 0 Å². The van der Waals surface area contributed by atoms with Crippen molar-refractivity contribution in [2.24, 2.45) is 5.92 Å². The largest absolute Gasteiger partial charge is 0.471 e. The van der Waals surface area contributed by atoms with Crippen LogP contribution in [0.4, 0.5) is 13.2 Å². The van der Waals surface area contributed by atoms with Crippen LogP contribution in [0.3, 0.4) is 0 Å². The summed E-state index contributed by atoms with van der Waals surface area (Å²) in [6.45, 7) is 1.07. The number of hydrogen-bond donors (Lipinski definition) is 2. The molecule has 2 N–H and O–H groups in total. The van der Waals surface area contributed by atoms with E-state index >= 15 is 0 Å². The molecule has 116 valence electrons. The molecular formula is C14H17F3N2O2. The second-order valence-corrected chi connectivity index (χ2v) is 5.20. The predicted octanol–water partition coefficient (Wildman–Crippen LogP) is 1.16. The Balaban J connectivity index is 1.96. The standard InChI is InChI=1S/C14H17F3N2O2/c15-14(16,17)13(21)18-12-8-19(7-11(12)9-20)6-10-4-2-1-3-5-10/h1-5,11-12,20H,6-9H2,(H,18,21)/t11-,12+/m0/s1. The Kier molecular flexibility index (Phi) is 4.84. The second kappa shape index (κ2) is 6.44. The number of carbonyl (C=O) groups excluding carboxylic acids is 1. The van der Waals surface area contributed by atoms with Crippen molar-refractivity contribution in [2.75, 3.05) is 19.7 Å². The van der Waals surface area contributed by atoms with E-state index in [1.165, 1.54) is 0 Å². The number of aliphatic hydroxyl groups excluding tert-OH is 1. The highest BCUT2D eigenvalue weighted by atomic mass is 19.4. The molecule has 2 atom stereocenters. The first-order chi connectivity index (χ1) is 9.90. The summed E-state index contributed by atoms with van der Waals surface area (Å²) >= 11 is 0. The maximum absolute atomic E-state index is 12.3. The maximum Gasteiger partial charge on any atom is 0.471 e. The molecule has 0 saturated carbocycles. The number of carbonyl (C=O) groups is 1. The van der Waals surface area contributed by atoms with Crippen LogP contribution in [0, 0.1) is 5.92 Å². The fourth-order valence-corrected chi connectivity index (χ4v) is 2.53. The molecule has 1 amide bonds. The lowest BCUT2D eigenvalue weighted by Crippen LogP contribution is -2.47. The third-order valence-electron chi connectivity index (χ3n) is 3.57. The van der Waals surface area contributed by atoms with Crippen molar-refractivity contribution < 1.29 is 23.1 Å². The number of rotatable bonds is 4. The summed E-state index contributed by atoms with van der Waals surface area (Å²) in [6, 6.07) is 8.82. The SMILES string of the molecule is O=C(N[C@@H]1CN(Cc2ccccc2)C[C@H]1CO)C(F)(F)F. The molecule has 21 heavy (non-hydrogen) atoms. The summed E-state index contributed by atoms with van der Waals surface area (Å²) in [5.74, 6) is -2.34. The van der Waals surface area contributed by atoms with Crippen LogP contribution in [0.25, 0.3) is 0 Å². The summed E-state index contributed by atoms with van der Waals surface area (Å²) in [4.78, 5) is 12.9. The molecule has 1 aromatic carbocycles. The topological polar surface area (TPSA) is 52.6 Å². The van der Waals surface area contributed by atoms with Crippen LogP contribution < -0.4 is 5.32 Å². The van der Waals surface area contributed by atoms with Crippen molar-refractivity contribution in [1.82, 2.24) is 10.2 Å². The lowest BCUT2D eigenvalue weighted by Gasteiger charge is -2.19. The number of aliphatic hydroxyl groups is 1. The number of benzene rings is 1.